The number of hydrogen-bond donors (Lipinski definition) is 2. The van der Waals surface area contributed by atoms with Crippen molar-refractivity contribution in [3.8, 4) is 11.1 Å². The number of carbonyl (C=O) groups excluding carboxylic acids is 4. The van der Waals surface area contributed by atoms with Crippen molar-refractivity contribution in [2.75, 3.05) is 19.0 Å². The van der Waals surface area contributed by atoms with Gasteiger partial charge in [0.15, 0.2) is 12.2 Å². The highest BCUT2D eigenvalue weighted by Gasteiger charge is 2.50. The number of ether oxygens (including phenoxy) is 5. The highest BCUT2D eigenvalue weighted by Crippen LogP contribution is 2.44. The summed E-state index contributed by atoms with van der Waals surface area (Å²) in [6.07, 6.45) is -5.01. The van der Waals surface area contributed by atoms with Crippen molar-refractivity contribution in [1.29, 1.82) is 0 Å². The van der Waals surface area contributed by atoms with E-state index in [1.54, 1.807) is 0 Å². The molecule has 17 heteroatoms. The van der Waals surface area contributed by atoms with Crippen LogP contribution in [-0.2, 0) is 49.4 Å². The Morgan fingerprint density at radius 1 is 0.875 bits per heavy atom. The molecule has 2 N–H and O–H groups in total. The number of amides is 1. The molecule has 1 aliphatic heterocycles. The van der Waals surface area contributed by atoms with E-state index in [-0.39, 0.29) is 36.6 Å². The molecule has 2 aromatic carbocycles. The Labute approximate surface area is 278 Å². The number of aliphatic carboxylic acids is 1. The van der Waals surface area contributed by atoms with Crippen LogP contribution in [0.4, 0.5) is 4.79 Å². The van der Waals surface area contributed by atoms with Gasteiger partial charge in [-0.15, -0.1) is 5.10 Å². The van der Waals surface area contributed by atoms with Crippen LogP contribution in [0.2, 0.25) is 0 Å². The average Bonchev–Trinajstić information content (AvgIpc) is 3.71. The molecule has 5 atom stereocenters. The van der Waals surface area contributed by atoms with E-state index in [4.69, 9.17) is 23.7 Å². The molecule has 16 nitrogen and oxygen atoms in total. The maximum absolute atomic E-state index is 12.8. The number of aromatic nitrogens is 4. The summed E-state index contributed by atoms with van der Waals surface area (Å²) >= 11 is 0.940. The van der Waals surface area contributed by atoms with Gasteiger partial charge >= 0.3 is 30.0 Å². The van der Waals surface area contributed by atoms with Gasteiger partial charge < -0.3 is 34.1 Å². The Morgan fingerprint density at radius 3 is 2.06 bits per heavy atom. The third kappa shape index (κ3) is 8.09. The quantitative estimate of drug-likeness (QED) is 0.150. The lowest BCUT2D eigenvalue weighted by Crippen LogP contribution is -2.43. The minimum absolute atomic E-state index is 0.00919. The van der Waals surface area contributed by atoms with Crippen LogP contribution in [0, 0.1) is 0 Å². The molecule has 254 valence electrons. The molecule has 0 radical (unpaired) electrons. The molecule has 2 aliphatic rings. The molecule has 1 amide bonds. The Morgan fingerprint density at radius 2 is 1.48 bits per heavy atom. The number of carbonyl (C=O) groups is 5. The monoisotopic (exact) mass is 683 g/mol. The number of alkyl carbamates (subject to hydrolysis) is 1. The number of nitrogens with zero attached hydrogens (tertiary/aromatic N) is 4. The van der Waals surface area contributed by atoms with Gasteiger partial charge in [0.1, 0.15) is 31.5 Å². The van der Waals surface area contributed by atoms with E-state index in [9.17, 15) is 29.1 Å². The molecule has 2 heterocycles. The Kier molecular flexibility index (Phi) is 10.9. The minimum atomic E-state index is -1.37. The Hall–Kier alpha value is -5.03. The topological polar surface area (TPSA) is 207 Å². The van der Waals surface area contributed by atoms with Gasteiger partial charge in [0.25, 0.3) is 0 Å². The summed E-state index contributed by atoms with van der Waals surface area (Å²) < 4.78 is 28.6. The van der Waals surface area contributed by atoms with E-state index in [1.807, 2.05) is 48.5 Å². The lowest BCUT2D eigenvalue weighted by atomic mass is 9.98. The summed E-state index contributed by atoms with van der Waals surface area (Å²) in [5.41, 5.74) is 4.15. The van der Waals surface area contributed by atoms with Crippen molar-refractivity contribution in [2.24, 2.45) is 0 Å². The summed E-state index contributed by atoms with van der Waals surface area (Å²) in [6, 6.07) is 14.3. The van der Waals surface area contributed by atoms with Crippen molar-refractivity contribution < 1.29 is 52.8 Å². The highest BCUT2D eigenvalue weighted by atomic mass is 32.2. The lowest BCUT2D eigenvalue weighted by Gasteiger charge is -2.23. The number of carboxylic acids is 1. The molecule has 0 spiro atoms. The van der Waals surface area contributed by atoms with Gasteiger partial charge in [-0.05, 0) is 32.7 Å². The molecular weight excluding hydrogens is 650 g/mol. The number of tetrazole rings is 1. The van der Waals surface area contributed by atoms with Crippen LogP contribution in [0.5, 0.6) is 0 Å². The van der Waals surface area contributed by atoms with Gasteiger partial charge in [0.2, 0.25) is 5.16 Å². The summed E-state index contributed by atoms with van der Waals surface area (Å²) in [5, 5.41) is 23.9. The van der Waals surface area contributed by atoms with Gasteiger partial charge in [0.05, 0.1) is 6.54 Å². The molecule has 1 saturated heterocycles. The molecule has 5 rings (SSSR count). The van der Waals surface area contributed by atoms with Gasteiger partial charge in [-0.1, -0.05) is 60.3 Å². The van der Waals surface area contributed by atoms with Crippen LogP contribution in [0.3, 0.4) is 0 Å². The number of thioether (sulfide) groups is 1. The summed E-state index contributed by atoms with van der Waals surface area (Å²) in [7, 11) is 0. The smallest absolute Gasteiger partial charge is 0.407 e. The first-order chi connectivity index (χ1) is 23.0. The number of carboxylic acid groups (broad SMARTS) is 1. The standard InChI is InChI=1S/C31H33N5O11S/c1-16(37)43-14-26-28(46-18(3)39)27(45-17(2)38)25(47-26)12-36-30(33-34-35-36)48-15-24(29(40)41)32-31(42)44-13-23-21-10-6-4-8-19(21)20-9-5-7-11-22(20)23/h4-11,23-28H,12-15H2,1-3H3,(H,32,42)(H,40,41)/t24-,25+,26+,27-,28+/m0/s1. The molecular formula is C31H33N5O11S. The van der Waals surface area contributed by atoms with E-state index < -0.39 is 60.4 Å². The molecule has 1 fully saturated rings. The van der Waals surface area contributed by atoms with Gasteiger partial charge in [-0.3, -0.25) is 14.4 Å². The number of hydrogen-bond acceptors (Lipinski definition) is 14. The molecule has 0 saturated carbocycles. The second-order valence-electron chi connectivity index (χ2n) is 11.0. The van der Waals surface area contributed by atoms with Gasteiger partial charge in [-0.25, -0.2) is 14.3 Å². The average molecular weight is 684 g/mol. The zero-order valence-corrected chi connectivity index (χ0v) is 27.0. The molecule has 1 aliphatic carbocycles. The van der Waals surface area contributed by atoms with Crippen molar-refractivity contribution in [3.63, 3.8) is 0 Å². The van der Waals surface area contributed by atoms with Crippen LogP contribution in [0.15, 0.2) is 53.7 Å². The molecule has 0 unspecified atom stereocenters. The number of nitrogens with one attached hydrogen (secondary N) is 1. The predicted molar refractivity (Wildman–Crippen MR) is 165 cm³/mol. The molecule has 48 heavy (non-hydrogen) atoms. The third-order valence-corrected chi connectivity index (χ3v) is 8.68. The molecule has 0 bridgehead atoms. The third-order valence-electron chi connectivity index (χ3n) is 7.63. The van der Waals surface area contributed by atoms with Crippen LogP contribution in [0.1, 0.15) is 37.8 Å². The van der Waals surface area contributed by atoms with E-state index in [0.29, 0.717) is 0 Å². The zero-order chi connectivity index (χ0) is 34.4. The van der Waals surface area contributed by atoms with Crippen molar-refractivity contribution in [1.82, 2.24) is 25.5 Å². The maximum Gasteiger partial charge on any atom is 0.407 e. The van der Waals surface area contributed by atoms with Crippen LogP contribution in [-0.4, -0.2) is 105 Å². The van der Waals surface area contributed by atoms with Gasteiger partial charge in [0, 0.05) is 32.4 Å². The first kappa shape index (κ1) is 34.3. The van der Waals surface area contributed by atoms with E-state index in [0.717, 1.165) is 34.0 Å². The zero-order valence-electron chi connectivity index (χ0n) is 26.1. The largest absolute Gasteiger partial charge is 0.480 e. The number of esters is 3. The first-order valence-corrected chi connectivity index (χ1v) is 15.9. The fourth-order valence-electron chi connectivity index (χ4n) is 5.65. The predicted octanol–water partition coefficient (Wildman–Crippen LogP) is 1.95. The summed E-state index contributed by atoms with van der Waals surface area (Å²) in [5.74, 6) is -3.62. The fourth-order valence-corrected chi connectivity index (χ4v) is 6.55. The molecule has 3 aromatic rings. The number of benzene rings is 2. The summed E-state index contributed by atoms with van der Waals surface area (Å²) in [4.78, 5) is 60.0. The van der Waals surface area contributed by atoms with Crippen LogP contribution in [0.25, 0.3) is 11.1 Å². The number of rotatable bonds is 13. The summed E-state index contributed by atoms with van der Waals surface area (Å²) in [6.45, 7) is 3.17. The molecule has 1 aromatic heterocycles. The van der Waals surface area contributed by atoms with Crippen LogP contribution >= 0.6 is 11.8 Å². The second kappa shape index (κ2) is 15.2. The van der Waals surface area contributed by atoms with Crippen molar-refractivity contribution >= 4 is 41.7 Å². The van der Waals surface area contributed by atoms with Gasteiger partial charge in [-0.2, -0.15) is 0 Å². The Bertz CT molecular complexity index is 1640. The van der Waals surface area contributed by atoms with E-state index in [2.05, 4.69) is 20.8 Å². The van der Waals surface area contributed by atoms with Crippen molar-refractivity contribution in [3.05, 3.63) is 59.7 Å². The normalized spacial score (nSPS) is 20.2. The SMILES string of the molecule is CC(=O)OC[C@H]1O[C@H](Cn2nnnc2SC[C@H](NC(=O)OCC2c3ccccc3-c3ccccc32)C(=O)O)[C@H](OC(C)=O)[C@@H]1OC(C)=O. The lowest BCUT2D eigenvalue weighted by molar-refractivity contribution is -0.165. The Balaban J connectivity index is 1.21. The van der Waals surface area contributed by atoms with Crippen LogP contribution < -0.4 is 5.32 Å². The van der Waals surface area contributed by atoms with Crippen molar-refractivity contribution in [2.45, 2.75) is 68.8 Å². The first-order valence-electron chi connectivity index (χ1n) is 14.9. The maximum atomic E-state index is 12.8. The van der Waals surface area contributed by atoms with E-state index in [1.165, 1.54) is 25.5 Å². The van der Waals surface area contributed by atoms with E-state index >= 15 is 0 Å². The number of fused-ring (bicyclic) bond motifs is 3. The minimum Gasteiger partial charge on any atom is -0.480 e. The highest BCUT2D eigenvalue weighted by molar-refractivity contribution is 7.99. The fraction of sp³-hybridized carbons (Fsp3) is 0.419. The second-order valence-corrected chi connectivity index (χ2v) is 12.0.